The lowest BCUT2D eigenvalue weighted by Gasteiger charge is -2.20. The number of ether oxygens (including phenoxy) is 2. The first-order chi connectivity index (χ1) is 7.81. The SMILES string of the molecule is COc1ncccc1OC[C@@H]1CCCN1C. The minimum absolute atomic E-state index is 0.518. The lowest BCUT2D eigenvalue weighted by atomic mass is 10.2. The number of likely N-dealkylation sites (tertiary alicyclic amines) is 1. The van der Waals surface area contributed by atoms with Gasteiger partial charge < -0.3 is 14.4 Å². The van der Waals surface area contributed by atoms with Crippen LogP contribution in [0.1, 0.15) is 12.8 Å². The third-order valence-corrected chi connectivity index (χ3v) is 3.03. The number of pyridine rings is 1. The molecule has 0 amide bonds. The van der Waals surface area contributed by atoms with Crippen LogP contribution in [0.25, 0.3) is 0 Å². The minimum Gasteiger partial charge on any atom is -0.486 e. The first-order valence-electron chi connectivity index (χ1n) is 5.63. The molecule has 1 aromatic rings. The number of rotatable bonds is 4. The third-order valence-electron chi connectivity index (χ3n) is 3.03. The summed E-state index contributed by atoms with van der Waals surface area (Å²) in [5.41, 5.74) is 0. The second-order valence-corrected chi connectivity index (χ2v) is 4.10. The quantitative estimate of drug-likeness (QED) is 0.774. The topological polar surface area (TPSA) is 34.6 Å². The molecule has 0 aliphatic carbocycles. The van der Waals surface area contributed by atoms with E-state index in [1.165, 1.54) is 12.8 Å². The molecule has 0 radical (unpaired) electrons. The molecule has 1 saturated heterocycles. The summed E-state index contributed by atoms with van der Waals surface area (Å²) < 4.78 is 10.9. The number of hydrogen-bond acceptors (Lipinski definition) is 4. The Hall–Kier alpha value is -1.29. The molecule has 4 nitrogen and oxygen atoms in total. The van der Waals surface area contributed by atoms with E-state index in [0.29, 0.717) is 18.5 Å². The number of aromatic nitrogens is 1. The summed E-state index contributed by atoms with van der Waals surface area (Å²) in [6.45, 7) is 1.87. The van der Waals surface area contributed by atoms with Gasteiger partial charge >= 0.3 is 0 Å². The first kappa shape index (κ1) is 11.2. The van der Waals surface area contributed by atoms with Crippen molar-refractivity contribution < 1.29 is 9.47 Å². The van der Waals surface area contributed by atoms with Crippen molar-refractivity contribution in [3.63, 3.8) is 0 Å². The first-order valence-corrected chi connectivity index (χ1v) is 5.63. The zero-order valence-corrected chi connectivity index (χ0v) is 9.85. The summed E-state index contributed by atoms with van der Waals surface area (Å²) in [7, 11) is 3.75. The molecule has 0 unspecified atom stereocenters. The lowest BCUT2D eigenvalue weighted by Crippen LogP contribution is -2.30. The molecule has 0 spiro atoms. The average molecular weight is 222 g/mol. The standard InChI is InChI=1S/C12H18N2O2/c1-14-8-4-5-10(14)9-16-11-6-3-7-13-12(11)15-2/h3,6-7,10H,4-5,8-9H2,1-2H3/t10-/m0/s1. The van der Waals surface area contributed by atoms with Gasteiger partial charge in [0.1, 0.15) is 6.61 Å². The molecule has 1 atom stereocenters. The smallest absolute Gasteiger partial charge is 0.256 e. The predicted molar refractivity (Wildman–Crippen MR) is 61.9 cm³/mol. The van der Waals surface area contributed by atoms with E-state index in [4.69, 9.17) is 9.47 Å². The van der Waals surface area contributed by atoms with Crippen LogP contribution in [0.4, 0.5) is 0 Å². The van der Waals surface area contributed by atoms with Gasteiger partial charge in [-0.2, -0.15) is 0 Å². The van der Waals surface area contributed by atoms with Gasteiger partial charge in [0.2, 0.25) is 0 Å². The summed E-state index contributed by atoms with van der Waals surface area (Å²) in [5.74, 6) is 1.29. The Bertz CT molecular complexity index is 344. The molecule has 0 bridgehead atoms. The summed E-state index contributed by atoms with van der Waals surface area (Å²) >= 11 is 0. The van der Waals surface area contributed by atoms with Crippen molar-refractivity contribution in [1.29, 1.82) is 0 Å². The molecule has 0 N–H and O–H groups in total. The van der Waals surface area contributed by atoms with Crippen molar-refractivity contribution in [3.8, 4) is 11.6 Å². The highest BCUT2D eigenvalue weighted by Crippen LogP contribution is 2.24. The molecule has 4 heteroatoms. The molecular weight excluding hydrogens is 204 g/mol. The maximum absolute atomic E-state index is 5.75. The molecule has 1 aliphatic heterocycles. The van der Waals surface area contributed by atoms with Crippen molar-refractivity contribution in [1.82, 2.24) is 9.88 Å². The van der Waals surface area contributed by atoms with Gasteiger partial charge in [-0.1, -0.05) is 0 Å². The van der Waals surface area contributed by atoms with Gasteiger partial charge in [0.05, 0.1) is 7.11 Å². The van der Waals surface area contributed by atoms with Crippen molar-refractivity contribution in [3.05, 3.63) is 18.3 Å². The largest absolute Gasteiger partial charge is 0.486 e. The van der Waals surface area contributed by atoms with Crippen LogP contribution < -0.4 is 9.47 Å². The van der Waals surface area contributed by atoms with E-state index in [2.05, 4.69) is 16.9 Å². The van der Waals surface area contributed by atoms with Crippen molar-refractivity contribution in [2.24, 2.45) is 0 Å². The Balaban J connectivity index is 1.93. The Kier molecular flexibility index (Phi) is 3.62. The van der Waals surface area contributed by atoms with Gasteiger partial charge in [-0.25, -0.2) is 4.98 Å². The van der Waals surface area contributed by atoms with Crippen LogP contribution in [0.3, 0.4) is 0 Å². The molecular formula is C12H18N2O2. The van der Waals surface area contributed by atoms with E-state index in [-0.39, 0.29) is 0 Å². The summed E-state index contributed by atoms with van der Waals surface area (Å²) in [6.07, 6.45) is 4.17. The van der Waals surface area contributed by atoms with Gasteiger partial charge in [0.15, 0.2) is 5.75 Å². The maximum atomic E-state index is 5.75. The fourth-order valence-corrected chi connectivity index (χ4v) is 2.02. The fourth-order valence-electron chi connectivity index (χ4n) is 2.02. The van der Waals surface area contributed by atoms with Crippen LogP contribution in [-0.2, 0) is 0 Å². The van der Waals surface area contributed by atoms with Crippen molar-refractivity contribution in [2.45, 2.75) is 18.9 Å². The van der Waals surface area contributed by atoms with Gasteiger partial charge in [-0.05, 0) is 38.6 Å². The normalized spacial score (nSPS) is 21.0. The summed E-state index contributed by atoms with van der Waals surface area (Å²) in [6, 6.07) is 4.27. The van der Waals surface area contributed by atoms with Crippen molar-refractivity contribution >= 4 is 0 Å². The van der Waals surface area contributed by atoms with Crippen LogP contribution >= 0.6 is 0 Å². The van der Waals surface area contributed by atoms with Crippen molar-refractivity contribution in [2.75, 3.05) is 27.3 Å². The molecule has 1 fully saturated rings. The molecule has 2 heterocycles. The highest BCUT2D eigenvalue weighted by molar-refractivity contribution is 5.32. The number of likely N-dealkylation sites (N-methyl/N-ethyl adjacent to an activating group) is 1. The number of nitrogens with zero attached hydrogens (tertiary/aromatic N) is 2. The van der Waals surface area contributed by atoms with E-state index < -0.39 is 0 Å². The molecule has 1 aliphatic rings. The van der Waals surface area contributed by atoms with E-state index in [9.17, 15) is 0 Å². The zero-order valence-electron chi connectivity index (χ0n) is 9.85. The highest BCUT2D eigenvalue weighted by Gasteiger charge is 2.21. The monoisotopic (exact) mass is 222 g/mol. The Morgan fingerprint density at radius 1 is 1.56 bits per heavy atom. The van der Waals surface area contributed by atoms with Crippen LogP contribution in [0.15, 0.2) is 18.3 Å². The Morgan fingerprint density at radius 3 is 3.12 bits per heavy atom. The van der Waals surface area contributed by atoms with Gasteiger partial charge in [-0.15, -0.1) is 0 Å². The van der Waals surface area contributed by atoms with E-state index >= 15 is 0 Å². The Morgan fingerprint density at radius 2 is 2.44 bits per heavy atom. The Labute approximate surface area is 96.2 Å². The fraction of sp³-hybridized carbons (Fsp3) is 0.583. The van der Waals surface area contributed by atoms with Crippen LogP contribution in [0, 0.1) is 0 Å². The van der Waals surface area contributed by atoms with Gasteiger partial charge in [0, 0.05) is 12.2 Å². The van der Waals surface area contributed by atoms with E-state index in [1.54, 1.807) is 13.3 Å². The maximum Gasteiger partial charge on any atom is 0.256 e. The summed E-state index contributed by atoms with van der Waals surface area (Å²) in [5, 5.41) is 0. The minimum atomic E-state index is 0.518. The number of hydrogen-bond donors (Lipinski definition) is 0. The van der Waals surface area contributed by atoms with Crippen LogP contribution in [0.2, 0.25) is 0 Å². The van der Waals surface area contributed by atoms with Gasteiger partial charge in [-0.3, -0.25) is 0 Å². The molecule has 88 valence electrons. The molecule has 0 aromatic carbocycles. The van der Waals surface area contributed by atoms with Crippen LogP contribution in [0.5, 0.6) is 11.6 Å². The van der Waals surface area contributed by atoms with Crippen LogP contribution in [-0.4, -0.2) is 43.2 Å². The third kappa shape index (κ3) is 2.44. The van der Waals surface area contributed by atoms with E-state index in [1.807, 2.05) is 12.1 Å². The zero-order chi connectivity index (χ0) is 11.4. The molecule has 2 rings (SSSR count). The molecule has 1 aromatic heterocycles. The second kappa shape index (κ2) is 5.16. The highest BCUT2D eigenvalue weighted by atomic mass is 16.5. The predicted octanol–water partition coefficient (Wildman–Crippen LogP) is 1.56. The second-order valence-electron chi connectivity index (χ2n) is 4.10. The summed E-state index contributed by atoms with van der Waals surface area (Å²) in [4.78, 5) is 6.44. The molecule has 0 saturated carbocycles. The van der Waals surface area contributed by atoms with E-state index in [0.717, 1.165) is 12.3 Å². The lowest BCUT2D eigenvalue weighted by molar-refractivity contribution is 0.192. The number of methoxy groups -OCH3 is 1. The van der Waals surface area contributed by atoms with Gasteiger partial charge in [0.25, 0.3) is 5.88 Å². The average Bonchev–Trinajstić information content (AvgIpc) is 2.72. The molecule has 16 heavy (non-hydrogen) atoms.